The fourth-order valence-corrected chi connectivity index (χ4v) is 5.68. The van der Waals surface area contributed by atoms with Crippen molar-refractivity contribution in [1.29, 1.82) is 0 Å². The average molecular weight is 645 g/mol. The molecule has 0 aliphatic rings. The van der Waals surface area contributed by atoms with Crippen LogP contribution in [0.25, 0.3) is 0 Å². The molecule has 2 amide bonds. The van der Waals surface area contributed by atoms with Gasteiger partial charge in [0.25, 0.3) is 0 Å². The number of benzene rings is 1. The molecule has 0 saturated heterocycles. The molecule has 0 spiro atoms. The molecule has 0 bridgehead atoms. The lowest BCUT2D eigenvalue weighted by atomic mass is 9.98. The van der Waals surface area contributed by atoms with Crippen LogP contribution >= 0.6 is 11.8 Å². The molecule has 1 aromatic rings. The molecular formula is C29H48N2O10SSi. The maximum atomic E-state index is 12.7. The second kappa shape index (κ2) is 15.7. The van der Waals surface area contributed by atoms with Crippen molar-refractivity contribution in [3.05, 3.63) is 22.8 Å². The summed E-state index contributed by atoms with van der Waals surface area (Å²) in [6, 6.07) is -0.726. The Morgan fingerprint density at radius 1 is 1.00 bits per heavy atom. The summed E-state index contributed by atoms with van der Waals surface area (Å²) in [6.45, 7) is 16.4. The zero-order valence-electron chi connectivity index (χ0n) is 27.1. The van der Waals surface area contributed by atoms with Gasteiger partial charge in [-0.2, -0.15) is 11.8 Å². The summed E-state index contributed by atoms with van der Waals surface area (Å²) in [6.07, 6.45) is -0.609. The summed E-state index contributed by atoms with van der Waals surface area (Å²) >= 11 is 1.28. The Hall–Kier alpha value is -2.97. The number of alkyl carbamates (subject to hydrolysis) is 1. The second-order valence-electron chi connectivity index (χ2n) is 12.5. The van der Waals surface area contributed by atoms with Gasteiger partial charge < -0.3 is 39.5 Å². The number of carboxylic acid groups (broad SMARTS) is 1. The van der Waals surface area contributed by atoms with E-state index >= 15 is 0 Å². The van der Waals surface area contributed by atoms with Crippen molar-refractivity contribution in [2.45, 2.75) is 90.7 Å². The Kier molecular flexibility index (Phi) is 13.9. The van der Waals surface area contributed by atoms with Crippen LogP contribution in [0.5, 0.6) is 11.5 Å². The third-order valence-electron chi connectivity index (χ3n) is 6.98. The van der Waals surface area contributed by atoms with Gasteiger partial charge in [0.15, 0.2) is 0 Å². The highest BCUT2D eigenvalue weighted by atomic mass is 32.2. The molecule has 4 N–H and O–H groups in total. The minimum atomic E-state index is -2.27. The van der Waals surface area contributed by atoms with Gasteiger partial charge >= 0.3 is 18.0 Å². The van der Waals surface area contributed by atoms with Crippen LogP contribution < -0.4 is 19.8 Å². The third-order valence-corrected chi connectivity index (χ3v) is 12.4. The summed E-state index contributed by atoms with van der Waals surface area (Å²) in [5.74, 6) is -1.31. The Morgan fingerprint density at radius 2 is 1.60 bits per heavy atom. The van der Waals surface area contributed by atoms with Crippen LogP contribution in [0, 0.1) is 6.92 Å². The molecule has 0 saturated carbocycles. The standard InChI is InChI=1S/C29H48N2O10SSi/c1-17-21(41-43(10,11)29(5,6)7)14-22(38-8)18(23(17)25(34)35)12-13-42-16-20(26(36)39-9)30-24(33)19(15-32)31-27(37)40-28(2,3)4/h14,19-20,32H,12-13,15-16H2,1-11H3,(H,30,33)(H,31,37)(H,34,35)/t19-,20-/m0/s1. The number of esters is 1. The molecule has 0 radical (unpaired) electrons. The van der Waals surface area contributed by atoms with E-state index in [-0.39, 0.29) is 22.8 Å². The third kappa shape index (κ3) is 11.2. The number of amides is 2. The molecule has 0 aliphatic heterocycles. The summed E-state index contributed by atoms with van der Waals surface area (Å²) in [4.78, 5) is 49.6. The molecule has 0 aromatic heterocycles. The highest BCUT2D eigenvalue weighted by Crippen LogP contribution is 2.41. The number of rotatable bonds is 14. The van der Waals surface area contributed by atoms with Crippen molar-refractivity contribution >= 4 is 44.0 Å². The van der Waals surface area contributed by atoms with Crippen LogP contribution in [0.3, 0.4) is 0 Å². The van der Waals surface area contributed by atoms with Gasteiger partial charge in [0, 0.05) is 22.9 Å². The Balaban J connectivity index is 3.08. The SMILES string of the molecule is COC(=O)[C@H](CSCCc1c(OC)cc(O[Si](C)(C)C(C)(C)C)c(C)c1C(=O)O)NC(=O)[C@H](CO)NC(=O)OC(C)(C)C. The molecular weight excluding hydrogens is 596 g/mol. The number of thioether (sulfide) groups is 1. The lowest BCUT2D eigenvalue weighted by Gasteiger charge is -2.37. The van der Waals surface area contributed by atoms with Gasteiger partial charge in [-0.1, -0.05) is 20.8 Å². The predicted octanol–water partition coefficient (Wildman–Crippen LogP) is 3.90. The van der Waals surface area contributed by atoms with Gasteiger partial charge in [0.05, 0.1) is 26.4 Å². The van der Waals surface area contributed by atoms with Crippen molar-refractivity contribution in [3.63, 3.8) is 0 Å². The molecule has 2 atom stereocenters. The molecule has 14 heteroatoms. The van der Waals surface area contributed by atoms with E-state index in [1.807, 2.05) is 0 Å². The second-order valence-corrected chi connectivity index (χ2v) is 18.4. The summed E-state index contributed by atoms with van der Waals surface area (Å²) in [5, 5.41) is 24.4. The Bertz CT molecular complexity index is 1160. The normalized spacial score (nSPS) is 13.4. The maximum Gasteiger partial charge on any atom is 0.408 e. The summed E-state index contributed by atoms with van der Waals surface area (Å²) in [5.41, 5.74) is 0.282. The summed E-state index contributed by atoms with van der Waals surface area (Å²) < 4.78 is 22.0. The topological polar surface area (TPSA) is 170 Å². The van der Waals surface area contributed by atoms with Crippen LogP contribution in [0.15, 0.2) is 6.07 Å². The first-order chi connectivity index (χ1) is 19.7. The number of aliphatic hydroxyl groups is 1. The molecule has 0 heterocycles. The quantitative estimate of drug-likeness (QED) is 0.132. The van der Waals surface area contributed by atoms with Gasteiger partial charge in [-0.25, -0.2) is 14.4 Å². The lowest BCUT2D eigenvalue weighted by molar-refractivity contribution is -0.144. The fourth-order valence-electron chi connectivity index (χ4n) is 3.64. The highest BCUT2D eigenvalue weighted by Gasteiger charge is 2.40. The van der Waals surface area contributed by atoms with Crippen molar-refractivity contribution in [2.24, 2.45) is 0 Å². The average Bonchev–Trinajstić information content (AvgIpc) is 2.87. The minimum Gasteiger partial charge on any atom is -0.543 e. The number of nitrogens with one attached hydrogen (secondary N) is 2. The van der Waals surface area contributed by atoms with Crippen LogP contribution in [0.4, 0.5) is 4.79 Å². The summed E-state index contributed by atoms with van der Waals surface area (Å²) in [7, 11) is 0.375. The van der Waals surface area contributed by atoms with Gasteiger partial charge in [-0.05, 0) is 58.0 Å². The minimum absolute atomic E-state index is 0.0826. The number of aromatic carboxylic acids is 1. The number of carbonyl (C=O) groups excluding carboxylic acids is 3. The van der Waals surface area contributed by atoms with Crippen molar-refractivity contribution in [3.8, 4) is 11.5 Å². The van der Waals surface area contributed by atoms with E-state index in [0.717, 1.165) is 0 Å². The molecule has 244 valence electrons. The largest absolute Gasteiger partial charge is 0.543 e. The van der Waals surface area contributed by atoms with Crippen LogP contribution in [0.2, 0.25) is 18.1 Å². The van der Waals surface area contributed by atoms with E-state index in [1.54, 1.807) is 33.8 Å². The van der Waals surface area contributed by atoms with Gasteiger partial charge in [-0.15, -0.1) is 0 Å². The smallest absolute Gasteiger partial charge is 0.408 e. The van der Waals surface area contributed by atoms with Crippen LogP contribution in [-0.4, -0.2) is 92.5 Å². The van der Waals surface area contributed by atoms with Crippen molar-refractivity contribution in [2.75, 3.05) is 32.3 Å². The first-order valence-electron chi connectivity index (χ1n) is 13.9. The monoisotopic (exact) mass is 644 g/mol. The van der Waals surface area contributed by atoms with E-state index in [9.17, 15) is 29.4 Å². The van der Waals surface area contributed by atoms with E-state index in [4.69, 9.17) is 18.6 Å². The molecule has 0 unspecified atom stereocenters. The van der Waals surface area contributed by atoms with E-state index in [2.05, 4.69) is 44.5 Å². The Labute approximate surface area is 259 Å². The lowest BCUT2D eigenvalue weighted by Crippen LogP contribution is -2.54. The van der Waals surface area contributed by atoms with Gasteiger partial charge in [-0.3, -0.25) is 4.79 Å². The molecule has 43 heavy (non-hydrogen) atoms. The molecule has 12 nitrogen and oxygen atoms in total. The number of aliphatic hydroxyl groups excluding tert-OH is 1. The number of ether oxygens (including phenoxy) is 3. The highest BCUT2D eigenvalue weighted by molar-refractivity contribution is 7.99. The van der Waals surface area contributed by atoms with Crippen LogP contribution in [-0.2, 0) is 25.5 Å². The predicted molar refractivity (Wildman–Crippen MR) is 168 cm³/mol. The number of carboxylic acids is 1. The first-order valence-corrected chi connectivity index (χ1v) is 17.9. The number of hydrogen-bond acceptors (Lipinski definition) is 10. The maximum absolute atomic E-state index is 12.7. The number of methoxy groups -OCH3 is 2. The van der Waals surface area contributed by atoms with E-state index < -0.39 is 56.5 Å². The molecule has 0 aliphatic carbocycles. The first kappa shape index (κ1) is 38.1. The van der Waals surface area contributed by atoms with Crippen LogP contribution in [0.1, 0.15) is 63.0 Å². The van der Waals surface area contributed by atoms with Gasteiger partial charge in [0.2, 0.25) is 14.2 Å². The molecule has 0 fully saturated rings. The zero-order chi connectivity index (χ0) is 33.3. The molecule has 1 aromatic carbocycles. The zero-order valence-corrected chi connectivity index (χ0v) is 28.9. The van der Waals surface area contributed by atoms with E-state index in [0.29, 0.717) is 28.4 Å². The van der Waals surface area contributed by atoms with E-state index in [1.165, 1.54) is 26.0 Å². The number of carbonyl (C=O) groups is 4. The van der Waals surface area contributed by atoms with Crippen molar-refractivity contribution < 1.29 is 48.0 Å². The fraction of sp³-hybridized carbons (Fsp3) is 0.655. The molecule has 1 rings (SSSR count). The number of hydrogen-bond donors (Lipinski definition) is 4. The Morgan fingerprint density at radius 3 is 2.07 bits per heavy atom. The van der Waals surface area contributed by atoms with Crippen molar-refractivity contribution in [1.82, 2.24) is 10.6 Å². The van der Waals surface area contributed by atoms with Gasteiger partial charge in [0.1, 0.15) is 29.2 Å².